The molecule has 0 amide bonds. The van der Waals surface area contributed by atoms with Gasteiger partial charge in [0.15, 0.2) is 0 Å². The molecule has 1 aromatic carbocycles. The van der Waals surface area contributed by atoms with E-state index < -0.39 is 6.10 Å². The van der Waals surface area contributed by atoms with Crippen LogP contribution in [0.4, 0.5) is 5.69 Å². The minimum atomic E-state index is -0.465. The second kappa shape index (κ2) is 4.73. The Morgan fingerprint density at radius 1 is 1.50 bits per heavy atom. The normalized spacial score (nSPS) is 22.5. The van der Waals surface area contributed by atoms with Crippen molar-refractivity contribution in [3.8, 4) is 0 Å². The number of anilines is 1. The number of β-amino-alcohol motifs (C(OH)–C–C–N with tert-alkyl or cyclic N) is 1. The molecule has 4 heteroatoms. The quantitative estimate of drug-likeness (QED) is 0.874. The summed E-state index contributed by atoms with van der Waals surface area (Å²) in [6.07, 6.45) is 0.151. The topological polar surface area (TPSA) is 43.7 Å². The van der Waals surface area contributed by atoms with Gasteiger partial charge in [-0.15, -0.1) is 0 Å². The molecule has 1 aliphatic heterocycles. The van der Waals surface area contributed by atoms with Gasteiger partial charge in [-0.25, -0.2) is 0 Å². The monoisotopic (exact) mass is 285 g/mol. The summed E-state index contributed by atoms with van der Waals surface area (Å²) in [6.45, 7) is 3.33. The van der Waals surface area contributed by atoms with Crippen molar-refractivity contribution in [2.24, 2.45) is 0 Å². The van der Waals surface area contributed by atoms with Crippen molar-refractivity contribution in [3.63, 3.8) is 0 Å². The third-order valence-corrected chi connectivity index (χ3v) is 3.65. The van der Waals surface area contributed by atoms with Crippen LogP contribution in [-0.4, -0.2) is 29.4 Å². The number of aliphatic hydroxyl groups excluding tert-OH is 2. The first kappa shape index (κ1) is 11.9. The maximum atomic E-state index is 9.52. The van der Waals surface area contributed by atoms with Crippen molar-refractivity contribution in [1.29, 1.82) is 0 Å². The van der Waals surface area contributed by atoms with Crippen molar-refractivity contribution in [2.45, 2.75) is 25.6 Å². The van der Waals surface area contributed by atoms with Crippen molar-refractivity contribution in [1.82, 2.24) is 0 Å². The number of hydrogen-bond acceptors (Lipinski definition) is 3. The molecule has 0 radical (unpaired) electrons. The number of rotatable bonds is 2. The molecule has 0 saturated carbocycles. The van der Waals surface area contributed by atoms with Crippen molar-refractivity contribution in [2.75, 3.05) is 18.0 Å². The van der Waals surface area contributed by atoms with E-state index >= 15 is 0 Å². The number of aliphatic hydroxyl groups is 2. The fourth-order valence-electron chi connectivity index (χ4n) is 2.03. The van der Waals surface area contributed by atoms with E-state index in [1.807, 2.05) is 18.2 Å². The summed E-state index contributed by atoms with van der Waals surface area (Å²) < 4.78 is 0.918. The third-order valence-electron chi connectivity index (χ3n) is 2.96. The highest BCUT2D eigenvalue weighted by atomic mass is 79.9. The highest BCUT2D eigenvalue weighted by molar-refractivity contribution is 9.10. The van der Waals surface area contributed by atoms with E-state index in [1.165, 1.54) is 0 Å². The second-order valence-electron chi connectivity index (χ2n) is 4.27. The molecule has 2 atom stereocenters. The van der Waals surface area contributed by atoms with Gasteiger partial charge < -0.3 is 15.1 Å². The summed E-state index contributed by atoms with van der Waals surface area (Å²) in [4.78, 5) is 2.15. The second-order valence-corrected chi connectivity index (χ2v) is 5.12. The maximum absolute atomic E-state index is 9.52. The van der Waals surface area contributed by atoms with Gasteiger partial charge in [0.1, 0.15) is 0 Å². The first-order valence-electron chi connectivity index (χ1n) is 5.48. The molecule has 1 fully saturated rings. The fraction of sp³-hybridized carbons (Fsp3) is 0.500. The zero-order valence-electron chi connectivity index (χ0n) is 9.23. The number of nitrogens with zero attached hydrogens (tertiary/aromatic N) is 1. The number of hydrogen-bond donors (Lipinski definition) is 2. The molecule has 0 aliphatic carbocycles. The molecule has 88 valence electrons. The highest BCUT2D eigenvalue weighted by Crippen LogP contribution is 2.29. The number of benzene rings is 1. The van der Waals surface area contributed by atoms with E-state index in [4.69, 9.17) is 0 Å². The molecule has 16 heavy (non-hydrogen) atoms. The largest absolute Gasteiger partial charge is 0.391 e. The van der Waals surface area contributed by atoms with Crippen LogP contribution in [0.3, 0.4) is 0 Å². The molecule has 2 rings (SSSR count). The zero-order valence-corrected chi connectivity index (χ0v) is 10.8. The lowest BCUT2D eigenvalue weighted by Crippen LogP contribution is -2.21. The predicted molar refractivity (Wildman–Crippen MR) is 67.6 cm³/mol. The van der Waals surface area contributed by atoms with Crippen molar-refractivity contribution in [3.05, 3.63) is 28.2 Å². The van der Waals surface area contributed by atoms with Gasteiger partial charge in [-0.1, -0.05) is 22.0 Å². The molecule has 3 nitrogen and oxygen atoms in total. The molecular formula is C12H16BrNO2. The Morgan fingerprint density at radius 3 is 2.75 bits per heavy atom. The first-order valence-corrected chi connectivity index (χ1v) is 6.27. The molecule has 2 N–H and O–H groups in total. The van der Waals surface area contributed by atoms with Crippen LogP contribution in [0.25, 0.3) is 0 Å². The van der Waals surface area contributed by atoms with Gasteiger partial charge in [-0.2, -0.15) is 0 Å². The Bertz CT molecular complexity index is 381. The van der Waals surface area contributed by atoms with E-state index in [1.54, 1.807) is 6.92 Å². The lowest BCUT2D eigenvalue weighted by molar-refractivity contribution is 0.197. The predicted octanol–water partition coefficient (Wildman–Crippen LogP) is 2.07. The summed E-state index contributed by atoms with van der Waals surface area (Å²) in [5.41, 5.74) is 1.98. The molecule has 0 aromatic heterocycles. The van der Waals surface area contributed by atoms with E-state index in [9.17, 15) is 10.2 Å². The van der Waals surface area contributed by atoms with Crippen LogP contribution >= 0.6 is 15.9 Å². The Hall–Kier alpha value is -0.580. The molecule has 1 heterocycles. The SMILES string of the molecule is C[C@H](O)c1ccc(N2CCC(O)C2)cc1Br. The summed E-state index contributed by atoms with van der Waals surface area (Å²) in [5, 5.41) is 19.0. The van der Waals surface area contributed by atoms with Crippen LogP contribution in [0.15, 0.2) is 22.7 Å². The standard InChI is InChI=1S/C12H16BrNO2/c1-8(15)11-3-2-9(6-12(11)13)14-5-4-10(16)7-14/h2-3,6,8,10,15-16H,4-5,7H2,1H3/t8-,10?/m0/s1. The van der Waals surface area contributed by atoms with Crippen LogP contribution in [0.1, 0.15) is 25.0 Å². The van der Waals surface area contributed by atoms with Crippen LogP contribution in [0, 0.1) is 0 Å². The lowest BCUT2D eigenvalue weighted by Gasteiger charge is -2.19. The summed E-state index contributed by atoms with van der Waals surface area (Å²) >= 11 is 3.46. The van der Waals surface area contributed by atoms with E-state index in [2.05, 4.69) is 20.8 Å². The molecule has 0 spiro atoms. The van der Waals surface area contributed by atoms with Gasteiger partial charge in [-0.05, 0) is 31.0 Å². The van der Waals surface area contributed by atoms with Gasteiger partial charge in [0.2, 0.25) is 0 Å². The number of halogens is 1. The Balaban J connectivity index is 2.21. The van der Waals surface area contributed by atoms with Gasteiger partial charge >= 0.3 is 0 Å². The van der Waals surface area contributed by atoms with E-state index in [0.717, 1.165) is 28.7 Å². The summed E-state index contributed by atoms with van der Waals surface area (Å²) in [7, 11) is 0. The van der Waals surface area contributed by atoms with Crippen LogP contribution in [0.2, 0.25) is 0 Å². The van der Waals surface area contributed by atoms with Gasteiger partial charge in [0, 0.05) is 23.2 Å². The summed E-state index contributed by atoms with van der Waals surface area (Å²) in [5.74, 6) is 0. The average molecular weight is 286 g/mol. The molecular weight excluding hydrogens is 270 g/mol. The Morgan fingerprint density at radius 2 is 2.25 bits per heavy atom. The van der Waals surface area contributed by atoms with Gasteiger partial charge in [0.25, 0.3) is 0 Å². The first-order chi connectivity index (χ1) is 7.58. The van der Waals surface area contributed by atoms with Gasteiger partial charge in [0.05, 0.1) is 12.2 Å². The molecule has 1 aromatic rings. The zero-order chi connectivity index (χ0) is 11.7. The summed E-state index contributed by atoms with van der Waals surface area (Å²) in [6, 6.07) is 5.92. The van der Waals surface area contributed by atoms with Crippen LogP contribution < -0.4 is 4.90 Å². The fourth-order valence-corrected chi connectivity index (χ4v) is 2.73. The van der Waals surface area contributed by atoms with Crippen molar-refractivity contribution < 1.29 is 10.2 Å². The minimum absolute atomic E-state index is 0.213. The van der Waals surface area contributed by atoms with E-state index in [-0.39, 0.29) is 6.10 Å². The molecule has 1 aliphatic rings. The third kappa shape index (κ3) is 2.39. The van der Waals surface area contributed by atoms with Crippen molar-refractivity contribution >= 4 is 21.6 Å². The molecule has 1 unspecified atom stereocenters. The Labute approximate surface area is 104 Å². The Kier molecular flexibility index (Phi) is 3.52. The molecule has 1 saturated heterocycles. The molecule has 0 bridgehead atoms. The average Bonchev–Trinajstić information content (AvgIpc) is 2.64. The van der Waals surface area contributed by atoms with Crippen LogP contribution in [0.5, 0.6) is 0 Å². The highest BCUT2D eigenvalue weighted by Gasteiger charge is 2.21. The smallest absolute Gasteiger partial charge is 0.0772 e. The maximum Gasteiger partial charge on any atom is 0.0772 e. The van der Waals surface area contributed by atoms with Gasteiger partial charge in [-0.3, -0.25) is 0 Å². The van der Waals surface area contributed by atoms with E-state index in [0.29, 0.717) is 6.54 Å². The minimum Gasteiger partial charge on any atom is -0.391 e. The van der Waals surface area contributed by atoms with Crippen LogP contribution in [-0.2, 0) is 0 Å². The lowest BCUT2D eigenvalue weighted by atomic mass is 10.1.